The number of ether oxygens (including phenoxy) is 1. The summed E-state index contributed by atoms with van der Waals surface area (Å²) in [5.41, 5.74) is 0.249. The maximum Gasteiger partial charge on any atom is 0.251 e. The highest BCUT2D eigenvalue weighted by Gasteiger charge is 2.20. The SMILES string of the molecule is COc1ccc(C(=O)N[C@@H]2C=C[C@H](CO)C2)cc1F. The molecule has 1 aromatic rings. The van der Waals surface area contributed by atoms with Crippen LogP contribution in [0.5, 0.6) is 5.75 Å². The predicted molar refractivity (Wildman–Crippen MR) is 68.5 cm³/mol. The number of benzene rings is 1. The average Bonchev–Trinajstić information content (AvgIpc) is 2.86. The van der Waals surface area contributed by atoms with Crippen molar-refractivity contribution in [2.45, 2.75) is 12.5 Å². The molecule has 0 aliphatic heterocycles. The molecule has 0 fully saturated rings. The lowest BCUT2D eigenvalue weighted by atomic mass is 10.1. The molecule has 0 heterocycles. The summed E-state index contributed by atoms with van der Waals surface area (Å²) in [7, 11) is 1.37. The van der Waals surface area contributed by atoms with E-state index in [1.165, 1.54) is 19.2 Å². The minimum absolute atomic E-state index is 0.0695. The molecule has 2 N–H and O–H groups in total. The summed E-state index contributed by atoms with van der Waals surface area (Å²) < 4.78 is 18.3. The van der Waals surface area contributed by atoms with E-state index in [-0.39, 0.29) is 35.8 Å². The highest BCUT2D eigenvalue weighted by molar-refractivity contribution is 5.94. The number of aliphatic hydroxyl groups is 1. The first kappa shape index (κ1) is 13.5. The minimum Gasteiger partial charge on any atom is -0.494 e. The van der Waals surface area contributed by atoms with Crippen LogP contribution < -0.4 is 10.1 Å². The number of aliphatic hydroxyl groups excluding tert-OH is 1. The van der Waals surface area contributed by atoms with Crippen molar-refractivity contribution in [3.8, 4) is 5.75 Å². The van der Waals surface area contributed by atoms with Crippen LogP contribution in [-0.2, 0) is 0 Å². The minimum atomic E-state index is -0.564. The molecule has 2 rings (SSSR count). The molecule has 1 aliphatic carbocycles. The molecule has 0 unspecified atom stereocenters. The Kier molecular flexibility index (Phi) is 4.16. The van der Waals surface area contributed by atoms with E-state index >= 15 is 0 Å². The van der Waals surface area contributed by atoms with E-state index in [1.807, 2.05) is 12.2 Å². The Hall–Kier alpha value is -1.88. The fourth-order valence-electron chi connectivity index (χ4n) is 2.08. The van der Waals surface area contributed by atoms with E-state index in [9.17, 15) is 9.18 Å². The zero-order chi connectivity index (χ0) is 13.8. The topological polar surface area (TPSA) is 58.6 Å². The van der Waals surface area contributed by atoms with E-state index in [1.54, 1.807) is 0 Å². The third-order valence-electron chi connectivity index (χ3n) is 3.14. The zero-order valence-electron chi connectivity index (χ0n) is 10.6. The van der Waals surface area contributed by atoms with Crippen LogP contribution in [0.15, 0.2) is 30.4 Å². The van der Waals surface area contributed by atoms with E-state index < -0.39 is 5.82 Å². The molecular weight excluding hydrogens is 249 g/mol. The van der Waals surface area contributed by atoms with Gasteiger partial charge in [-0.15, -0.1) is 0 Å². The monoisotopic (exact) mass is 265 g/mol. The lowest BCUT2D eigenvalue weighted by molar-refractivity contribution is 0.0940. The van der Waals surface area contributed by atoms with Crippen LogP contribution in [0.4, 0.5) is 4.39 Å². The van der Waals surface area contributed by atoms with Gasteiger partial charge in [-0.2, -0.15) is 0 Å². The van der Waals surface area contributed by atoms with Crippen molar-refractivity contribution in [1.82, 2.24) is 5.32 Å². The second kappa shape index (κ2) is 5.84. The van der Waals surface area contributed by atoms with Crippen molar-refractivity contribution in [3.05, 3.63) is 41.7 Å². The van der Waals surface area contributed by atoms with Crippen LogP contribution in [0.1, 0.15) is 16.8 Å². The molecule has 2 atom stereocenters. The van der Waals surface area contributed by atoms with Gasteiger partial charge in [-0.3, -0.25) is 4.79 Å². The van der Waals surface area contributed by atoms with Crippen LogP contribution >= 0.6 is 0 Å². The van der Waals surface area contributed by atoms with Gasteiger partial charge in [-0.05, 0) is 24.6 Å². The van der Waals surface area contributed by atoms with Gasteiger partial charge in [0.05, 0.1) is 7.11 Å². The summed E-state index contributed by atoms with van der Waals surface area (Å²) in [6.45, 7) is 0.0695. The van der Waals surface area contributed by atoms with Crippen molar-refractivity contribution < 1.29 is 19.0 Å². The molecule has 0 radical (unpaired) electrons. The van der Waals surface area contributed by atoms with E-state index in [4.69, 9.17) is 9.84 Å². The fourth-order valence-corrected chi connectivity index (χ4v) is 2.08. The van der Waals surface area contributed by atoms with E-state index in [0.717, 1.165) is 6.07 Å². The number of hydrogen-bond donors (Lipinski definition) is 2. The fraction of sp³-hybridized carbons (Fsp3) is 0.357. The zero-order valence-corrected chi connectivity index (χ0v) is 10.6. The Balaban J connectivity index is 2.01. The van der Waals surface area contributed by atoms with Crippen LogP contribution in [0, 0.1) is 11.7 Å². The Morgan fingerprint density at radius 2 is 2.32 bits per heavy atom. The van der Waals surface area contributed by atoms with E-state index in [2.05, 4.69) is 5.32 Å². The molecule has 0 bridgehead atoms. The van der Waals surface area contributed by atoms with Gasteiger partial charge in [0.25, 0.3) is 5.91 Å². The summed E-state index contributed by atoms with van der Waals surface area (Å²) in [6.07, 6.45) is 4.39. The molecule has 19 heavy (non-hydrogen) atoms. The van der Waals surface area contributed by atoms with Gasteiger partial charge in [0.2, 0.25) is 0 Å². The normalized spacial score (nSPS) is 21.4. The number of halogens is 1. The standard InChI is InChI=1S/C14H16FNO3/c1-19-13-5-3-10(7-12(13)15)14(18)16-11-4-2-9(6-11)8-17/h2-5,7,9,11,17H,6,8H2,1H3,(H,16,18)/t9-,11+/m0/s1. The van der Waals surface area contributed by atoms with Crippen LogP contribution in [0.3, 0.4) is 0 Å². The Labute approximate surface area is 110 Å². The van der Waals surface area contributed by atoms with Crippen molar-refractivity contribution in [2.24, 2.45) is 5.92 Å². The summed E-state index contributed by atoms with van der Waals surface area (Å²) >= 11 is 0. The Bertz CT molecular complexity index is 501. The summed E-state index contributed by atoms with van der Waals surface area (Å²) in [4.78, 5) is 11.9. The first-order valence-electron chi connectivity index (χ1n) is 6.07. The van der Waals surface area contributed by atoms with Gasteiger partial charge in [-0.1, -0.05) is 12.2 Å². The smallest absolute Gasteiger partial charge is 0.251 e. The van der Waals surface area contributed by atoms with Gasteiger partial charge >= 0.3 is 0 Å². The van der Waals surface area contributed by atoms with Crippen LogP contribution in [0.2, 0.25) is 0 Å². The molecule has 1 aromatic carbocycles. The van der Waals surface area contributed by atoms with E-state index in [0.29, 0.717) is 6.42 Å². The van der Waals surface area contributed by atoms with Crippen molar-refractivity contribution in [2.75, 3.05) is 13.7 Å². The average molecular weight is 265 g/mol. The van der Waals surface area contributed by atoms with Crippen LogP contribution in [-0.4, -0.2) is 30.8 Å². The summed E-state index contributed by atoms with van der Waals surface area (Å²) in [5.74, 6) is -0.712. The second-order valence-electron chi connectivity index (χ2n) is 4.49. The molecule has 1 amide bonds. The van der Waals surface area contributed by atoms with Crippen molar-refractivity contribution in [3.63, 3.8) is 0 Å². The third kappa shape index (κ3) is 3.12. The number of methoxy groups -OCH3 is 1. The van der Waals surface area contributed by atoms with Gasteiger partial charge < -0.3 is 15.2 Å². The molecule has 0 spiro atoms. The van der Waals surface area contributed by atoms with Gasteiger partial charge in [0.15, 0.2) is 11.6 Å². The Morgan fingerprint density at radius 1 is 1.53 bits per heavy atom. The molecule has 102 valence electrons. The first-order chi connectivity index (χ1) is 9.13. The maximum atomic E-state index is 13.5. The number of amides is 1. The van der Waals surface area contributed by atoms with Crippen LogP contribution in [0.25, 0.3) is 0 Å². The number of nitrogens with one attached hydrogen (secondary N) is 1. The summed E-state index contributed by atoms with van der Waals surface area (Å²) in [5, 5.41) is 11.8. The number of hydrogen-bond acceptors (Lipinski definition) is 3. The molecule has 0 saturated carbocycles. The van der Waals surface area contributed by atoms with Crippen molar-refractivity contribution in [1.29, 1.82) is 0 Å². The largest absolute Gasteiger partial charge is 0.494 e. The molecule has 0 aromatic heterocycles. The highest BCUT2D eigenvalue weighted by Crippen LogP contribution is 2.20. The number of carbonyl (C=O) groups is 1. The third-order valence-corrected chi connectivity index (χ3v) is 3.14. The number of rotatable bonds is 4. The molecule has 0 saturated heterocycles. The number of carbonyl (C=O) groups excluding carboxylic acids is 1. The lowest BCUT2D eigenvalue weighted by Crippen LogP contribution is -2.32. The predicted octanol–water partition coefficient (Wildman–Crippen LogP) is 1.50. The van der Waals surface area contributed by atoms with Gasteiger partial charge in [-0.25, -0.2) is 4.39 Å². The van der Waals surface area contributed by atoms with Gasteiger partial charge in [0, 0.05) is 24.1 Å². The highest BCUT2D eigenvalue weighted by atomic mass is 19.1. The molecule has 4 nitrogen and oxygen atoms in total. The van der Waals surface area contributed by atoms with Crippen molar-refractivity contribution >= 4 is 5.91 Å². The second-order valence-corrected chi connectivity index (χ2v) is 4.49. The molecular formula is C14H16FNO3. The quantitative estimate of drug-likeness (QED) is 0.811. The lowest BCUT2D eigenvalue weighted by Gasteiger charge is -2.13. The van der Waals surface area contributed by atoms with Gasteiger partial charge in [0.1, 0.15) is 0 Å². The maximum absolute atomic E-state index is 13.5. The molecule has 5 heteroatoms. The Morgan fingerprint density at radius 3 is 2.89 bits per heavy atom. The first-order valence-corrected chi connectivity index (χ1v) is 6.07. The molecule has 1 aliphatic rings. The summed E-state index contributed by atoms with van der Waals surface area (Å²) in [6, 6.07) is 3.97.